The first-order chi connectivity index (χ1) is 8.64. The molecule has 3 N–H and O–H groups in total. The van der Waals surface area contributed by atoms with Crippen molar-refractivity contribution in [2.24, 2.45) is 5.73 Å². The normalized spacial score (nSPS) is 12.4. The molecule has 106 valence electrons. The van der Waals surface area contributed by atoms with Crippen molar-refractivity contribution in [2.45, 2.75) is 17.5 Å². The third kappa shape index (κ3) is 4.44. The van der Waals surface area contributed by atoms with Crippen molar-refractivity contribution in [2.75, 3.05) is 6.54 Å². The van der Waals surface area contributed by atoms with Crippen LogP contribution in [-0.2, 0) is 16.2 Å². The average molecular weight is 312 g/mol. The predicted molar refractivity (Wildman–Crippen MR) is 68.0 cm³/mol. The molecule has 1 rings (SSSR count). The lowest BCUT2D eigenvalue weighted by Gasteiger charge is -2.13. The average Bonchev–Trinajstić information content (AvgIpc) is 2.27. The SMILES string of the molecule is NC(=S)CCNS(=O)(=O)c1ccccc1C(F)(F)F. The van der Waals surface area contributed by atoms with Gasteiger partial charge in [-0.1, -0.05) is 24.4 Å². The maximum atomic E-state index is 12.7. The van der Waals surface area contributed by atoms with Gasteiger partial charge in [0.1, 0.15) is 0 Å². The molecule has 4 nitrogen and oxygen atoms in total. The summed E-state index contributed by atoms with van der Waals surface area (Å²) >= 11 is 4.55. The van der Waals surface area contributed by atoms with Gasteiger partial charge in [-0.05, 0) is 12.1 Å². The van der Waals surface area contributed by atoms with Crippen molar-refractivity contribution in [3.05, 3.63) is 29.8 Å². The molecule has 0 saturated carbocycles. The molecule has 0 fully saturated rings. The Morgan fingerprint density at radius 1 is 1.32 bits per heavy atom. The summed E-state index contributed by atoms with van der Waals surface area (Å²) in [6.07, 6.45) is -4.67. The monoisotopic (exact) mass is 312 g/mol. The largest absolute Gasteiger partial charge is 0.417 e. The van der Waals surface area contributed by atoms with Gasteiger partial charge in [-0.15, -0.1) is 0 Å². The fourth-order valence-electron chi connectivity index (χ4n) is 1.32. The zero-order valence-electron chi connectivity index (χ0n) is 9.57. The second-order valence-electron chi connectivity index (χ2n) is 3.61. The van der Waals surface area contributed by atoms with Gasteiger partial charge in [0.2, 0.25) is 10.0 Å². The fraction of sp³-hybridized carbons (Fsp3) is 0.300. The highest BCUT2D eigenvalue weighted by Gasteiger charge is 2.36. The van der Waals surface area contributed by atoms with Gasteiger partial charge in [0.05, 0.1) is 15.4 Å². The van der Waals surface area contributed by atoms with Crippen molar-refractivity contribution >= 4 is 27.2 Å². The predicted octanol–water partition coefficient (Wildman–Crippen LogP) is 1.66. The van der Waals surface area contributed by atoms with Gasteiger partial charge in [0.25, 0.3) is 0 Å². The minimum Gasteiger partial charge on any atom is -0.393 e. The van der Waals surface area contributed by atoms with Gasteiger partial charge in [0, 0.05) is 13.0 Å². The summed E-state index contributed by atoms with van der Waals surface area (Å²) < 4.78 is 63.7. The highest BCUT2D eigenvalue weighted by molar-refractivity contribution is 7.89. The summed E-state index contributed by atoms with van der Waals surface area (Å²) in [7, 11) is -4.25. The molecule has 0 unspecified atom stereocenters. The second kappa shape index (κ2) is 5.85. The minimum absolute atomic E-state index is 0.0722. The van der Waals surface area contributed by atoms with Crippen LogP contribution in [0.4, 0.5) is 13.2 Å². The first-order valence-electron chi connectivity index (χ1n) is 5.09. The molecule has 0 amide bonds. The summed E-state index contributed by atoms with van der Waals surface area (Å²) in [5.74, 6) is 0. The van der Waals surface area contributed by atoms with E-state index in [1.54, 1.807) is 0 Å². The maximum Gasteiger partial charge on any atom is 0.417 e. The van der Waals surface area contributed by atoms with Crippen molar-refractivity contribution in [1.29, 1.82) is 0 Å². The van der Waals surface area contributed by atoms with Crippen LogP contribution in [0.15, 0.2) is 29.2 Å². The van der Waals surface area contributed by atoms with Crippen molar-refractivity contribution in [3.63, 3.8) is 0 Å². The molecule has 0 aliphatic carbocycles. The number of rotatable bonds is 5. The van der Waals surface area contributed by atoms with E-state index < -0.39 is 26.7 Å². The molecule has 0 atom stereocenters. The van der Waals surface area contributed by atoms with Crippen molar-refractivity contribution < 1.29 is 21.6 Å². The Hall–Kier alpha value is -1.19. The van der Waals surface area contributed by atoms with Crippen LogP contribution in [-0.4, -0.2) is 20.0 Å². The zero-order valence-corrected chi connectivity index (χ0v) is 11.2. The van der Waals surface area contributed by atoms with Crippen LogP contribution in [0.3, 0.4) is 0 Å². The Labute approximate surface area is 113 Å². The summed E-state index contributed by atoms with van der Waals surface area (Å²) in [6.45, 7) is -0.149. The summed E-state index contributed by atoms with van der Waals surface area (Å²) in [4.78, 5) is -0.739. The van der Waals surface area contributed by atoms with Crippen LogP contribution in [0.2, 0.25) is 0 Å². The Balaban J connectivity index is 3.05. The first kappa shape index (κ1) is 15.9. The van der Waals surface area contributed by atoms with Crippen LogP contribution in [0.1, 0.15) is 12.0 Å². The molecular formula is C10H11F3N2O2S2. The number of sulfonamides is 1. The maximum absolute atomic E-state index is 12.7. The molecule has 0 radical (unpaired) electrons. The molecular weight excluding hydrogens is 301 g/mol. The Kier molecular flexibility index (Phi) is 4.88. The highest BCUT2D eigenvalue weighted by Crippen LogP contribution is 2.33. The van der Waals surface area contributed by atoms with E-state index in [1.165, 1.54) is 6.07 Å². The number of alkyl halides is 3. The Bertz CT molecular complexity index is 570. The minimum atomic E-state index is -4.74. The molecule has 9 heteroatoms. The van der Waals surface area contributed by atoms with Crippen molar-refractivity contribution in [1.82, 2.24) is 4.72 Å². The van der Waals surface area contributed by atoms with Crippen LogP contribution < -0.4 is 10.5 Å². The number of thiocarbonyl (C=S) groups is 1. The van der Waals surface area contributed by atoms with Crippen LogP contribution in [0, 0.1) is 0 Å². The third-order valence-corrected chi connectivity index (χ3v) is 3.87. The molecule has 0 aromatic heterocycles. The topological polar surface area (TPSA) is 72.2 Å². The van der Waals surface area contributed by atoms with E-state index in [2.05, 4.69) is 12.2 Å². The van der Waals surface area contributed by atoms with Gasteiger partial charge >= 0.3 is 6.18 Å². The van der Waals surface area contributed by atoms with Crippen LogP contribution in [0.25, 0.3) is 0 Å². The lowest BCUT2D eigenvalue weighted by molar-refractivity contribution is -0.139. The quantitative estimate of drug-likeness (QED) is 0.811. The smallest absolute Gasteiger partial charge is 0.393 e. The van der Waals surface area contributed by atoms with E-state index >= 15 is 0 Å². The van der Waals surface area contributed by atoms with Gasteiger partial charge in [-0.3, -0.25) is 0 Å². The number of hydrogen-bond donors (Lipinski definition) is 2. The standard InChI is InChI=1S/C10H11F3N2O2S2/c11-10(12,13)7-3-1-2-4-8(7)19(16,17)15-6-5-9(14)18/h1-4,15H,5-6H2,(H2,14,18). The van der Waals surface area contributed by atoms with E-state index in [4.69, 9.17) is 5.73 Å². The number of halogens is 3. The molecule has 1 aromatic carbocycles. The second-order valence-corrected chi connectivity index (χ2v) is 5.87. The zero-order chi connectivity index (χ0) is 14.7. The van der Waals surface area contributed by atoms with Crippen molar-refractivity contribution in [3.8, 4) is 0 Å². The van der Waals surface area contributed by atoms with Gasteiger partial charge in [0.15, 0.2) is 0 Å². The van der Waals surface area contributed by atoms with E-state index in [9.17, 15) is 21.6 Å². The molecule has 0 aliphatic rings. The van der Waals surface area contributed by atoms with E-state index in [0.717, 1.165) is 12.1 Å². The number of nitrogens with two attached hydrogens (primary N) is 1. The molecule has 0 aliphatic heterocycles. The van der Waals surface area contributed by atoms with Gasteiger partial charge in [-0.2, -0.15) is 13.2 Å². The summed E-state index contributed by atoms with van der Waals surface area (Å²) in [5.41, 5.74) is 3.97. The Morgan fingerprint density at radius 3 is 2.42 bits per heavy atom. The lowest BCUT2D eigenvalue weighted by atomic mass is 10.2. The first-order valence-corrected chi connectivity index (χ1v) is 6.98. The van der Waals surface area contributed by atoms with E-state index in [-0.39, 0.29) is 18.0 Å². The fourth-order valence-corrected chi connectivity index (χ4v) is 2.68. The third-order valence-electron chi connectivity index (χ3n) is 2.15. The molecule has 1 aromatic rings. The van der Waals surface area contributed by atoms with Crippen LogP contribution >= 0.6 is 12.2 Å². The molecule has 0 spiro atoms. The Morgan fingerprint density at radius 2 is 1.89 bits per heavy atom. The number of nitrogens with one attached hydrogen (secondary N) is 1. The van der Waals surface area contributed by atoms with E-state index in [0.29, 0.717) is 6.07 Å². The molecule has 0 saturated heterocycles. The van der Waals surface area contributed by atoms with Gasteiger partial charge in [-0.25, -0.2) is 13.1 Å². The lowest BCUT2D eigenvalue weighted by Crippen LogP contribution is -2.29. The number of hydrogen-bond acceptors (Lipinski definition) is 3. The molecule has 19 heavy (non-hydrogen) atoms. The molecule has 0 heterocycles. The molecule has 0 bridgehead atoms. The van der Waals surface area contributed by atoms with E-state index in [1.807, 2.05) is 4.72 Å². The van der Waals surface area contributed by atoms with Gasteiger partial charge < -0.3 is 5.73 Å². The number of benzene rings is 1. The van der Waals surface area contributed by atoms with Crippen LogP contribution in [0.5, 0.6) is 0 Å². The summed E-state index contributed by atoms with van der Waals surface area (Å²) in [6, 6.07) is 3.95. The highest BCUT2D eigenvalue weighted by atomic mass is 32.2. The summed E-state index contributed by atoms with van der Waals surface area (Å²) in [5, 5.41) is 0.